The van der Waals surface area contributed by atoms with Gasteiger partial charge in [-0.25, -0.2) is 22.6 Å². The highest BCUT2D eigenvalue weighted by atomic mass is 35.5. The number of carboxylic acid groups (broad SMARTS) is 1. The van der Waals surface area contributed by atoms with Crippen LogP contribution in [0.2, 0.25) is 5.02 Å². The lowest BCUT2D eigenvalue weighted by molar-refractivity contribution is -0.131. The quantitative estimate of drug-likeness (QED) is 0.442. The van der Waals surface area contributed by atoms with E-state index in [9.17, 15) is 17.6 Å². The largest absolute Gasteiger partial charge is 0.478 e. The fraction of sp³-hybridized carbons (Fsp3) is 0.208. The first-order chi connectivity index (χ1) is 17.1. The Labute approximate surface area is 212 Å². The minimum Gasteiger partial charge on any atom is -0.478 e. The Bertz CT molecular complexity index is 1430. The summed E-state index contributed by atoms with van der Waals surface area (Å²) in [6.45, 7) is 1.44. The molecule has 1 saturated heterocycles. The monoisotopic (exact) mass is 531 g/mol. The van der Waals surface area contributed by atoms with E-state index in [1.54, 1.807) is 18.3 Å². The Morgan fingerprint density at radius 2 is 1.92 bits per heavy atom. The van der Waals surface area contributed by atoms with E-state index in [4.69, 9.17) is 21.7 Å². The molecular weight excluding hydrogens is 509 g/mol. The average Bonchev–Trinajstić information content (AvgIpc) is 2.85. The summed E-state index contributed by atoms with van der Waals surface area (Å²) in [6, 6.07) is 11.4. The lowest BCUT2D eigenvalue weighted by atomic mass is 10.0. The molecule has 188 valence electrons. The topological polar surface area (TPSA) is 116 Å². The van der Waals surface area contributed by atoms with Gasteiger partial charge in [-0.15, -0.1) is 0 Å². The number of hydrogen-bond acceptors (Lipinski definition) is 7. The number of halogens is 2. The zero-order valence-electron chi connectivity index (χ0n) is 19.2. The van der Waals surface area contributed by atoms with Gasteiger partial charge in [-0.1, -0.05) is 29.8 Å². The van der Waals surface area contributed by atoms with E-state index in [1.807, 2.05) is 17.0 Å². The Morgan fingerprint density at radius 3 is 2.58 bits per heavy atom. The van der Waals surface area contributed by atoms with Crippen molar-refractivity contribution in [2.45, 2.75) is 0 Å². The molecule has 2 heterocycles. The van der Waals surface area contributed by atoms with Crippen molar-refractivity contribution >= 4 is 51.1 Å². The highest BCUT2D eigenvalue weighted by molar-refractivity contribution is 7.88. The number of carbonyl (C=O) groups is 1. The van der Waals surface area contributed by atoms with E-state index >= 15 is 0 Å². The molecule has 1 aliphatic heterocycles. The van der Waals surface area contributed by atoms with Crippen molar-refractivity contribution in [2.24, 2.45) is 0 Å². The molecule has 36 heavy (non-hydrogen) atoms. The number of hydrogen-bond donors (Lipinski definition) is 2. The summed E-state index contributed by atoms with van der Waals surface area (Å²) < 4.78 is 38.9. The number of anilines is 3. The van der Waals surface area contributed by atoms with Crippen LogP contribution in [0.1, 0.15) is 5.56 Å². The van der Waals surface area contributed by atoms with Crippen molar-refractivity contribution in [3.05, 3.63) is 71.1 Å². The Balaban J connectivity index is 1.71. The second kappa shape index (κ2) is 10.6. The van der Waals surface area contributed by atoms with Gasteiger partial charge in [0.25, 0.3) is 0 Å². The molecule has 0 radical (unpaired) electrons. The predicted molar refractivity (Wildman–Crippen MR) is 137 cm³/mol. The van der Waals surface area contributed by atoms with Crippen molar-refractivity contribution in [1.29, 1.82) is 0 Å². The molecule has 9 nitrogen and oxygen atoms in total. The number of rotatable bonds is 7. The molecule has 2 aromatic carbocycles. The molecule has 0 amide bonds. The summed E-state index contributed by atoms with van der Waals surface area (Å²) >= 11 is 5.89. The molecule has 1 aromatic heterocycles. The minimum atomic E-state index is -3.31. The summed E-state index contributed by atoms with van der Waals surface area (Å²) in [5.41, 5.74) is 2.64. The maximum atomic E-state index is 13.6. The van der Waals surface area contributed by atoms with Gasteiger partial charge in [-0.2, -0.15) is 9.29 Å². The van der Waals surface area contributed by atoms with Crippen LogP contribution in [0.4, 0.5) is 21.8 Å². The van der Waals surface area contributed by atoms with E-state index in [-0.39, 0.29) is 11.0 Å². The maximum Gasteiger partial charge on any atom is 0.328 e. The summed E-state index contributed by atoms with van der Waals surface area (Å²) in [7, 11) is -3.31. The first kappa shape index (κ1) is 25.5. The SMILES string of the molecule is CS(=O)(=O)N1CCN(c2nc(Nc3ccc(F)c(Cl)c3)ncc2-c2cccc(C=CC(=O)O)c2)CC1. The van der Waals surface area contributed by atoms with Crippen LogP contribution in [0.3, 0.4) is 0 Å². The van der Waals surface area contributed by atoms with Crippen molar-refractivity contribution in [3.8, 4) is 11.1 Å². The molecule has 0 unspecified atom stereocenters. The first-order valence-electron chi connectivity index (χ1n) is 10.9. The number of nitrogens with one attached hydrogen (secondary N) is 1. The van der Waals surface area contributed by atoms with Crippen LogP contribution in [0.25, 0.3) is 17.2 Å². The van der Waals surface area contributed by atoms with Crippen LogP contribution in [0, 0.1) is 5.82 Å². The van der Waals surface area contributed by atoms with Crippen LogP contribution in [0.5, 0.6) is 0 Å². The summed E-state index contributed by atoms with van der Waals surface area (Å²) in [5.74, 6) is -0.763. The van der Waals surface area contributed by atoms with E-state index in [0.717, 1.165) is 11.6 Å². The summed E-state index contributed by atoms with van der Waals surface area (Å²) in [5, 5.41) is 11.9. The Morgan fingerprint density at radius 1 is 1.17 bits per heavy atom. The van der Waals surface area contributed by atoms with Crippen LogP contribution in [-0.4, -0.2) is 66.2 Å². The Kier molecular flexibility index (Phi) is 7.53. The van der Waals surface area contributed by atoms with Gasteiger partial charge in [0.15, 0.2) is 0 Å². The lowest BCUT2D eigenvalue weighted by Crippen LogP contribution is -2.48. The van der Waals surface area contributed by atoms with Gasteiger partial charge in [-0.05, 0) is 41.5 Å². The van der Waals surface area contributed by atoms with Gasteiger partial charge < -0.3 is 15.3 Å². The van der Waals surface area contributed by atoms with Crippen LogP contribution in [-0.2, 0) is 14.8 Å². The number of aromatic nitrogens is 2. The lowest BCUT2D eigenvalue weighted by Gasteiger charge is -2.35. The van der Waals surface area contributed by atoms with Crippen LogP contribution < -0.4 is 10.2 Å². The molecule has 0 saturated carbocycles. The Hall–Kier alpha value is -3.54. The molecule has 0 spiro atoms. The van der Waals surface area contributed by atoms with E-state index in [1.165, 1.54) is 34.8 Å². The molecule has 1 aliphatic rings. The third-order valence-electron chi connectivity index (χ3n) is 5.57. The van der Waals surface area contributed by atoms with Crippen molar-refractivity contribution in [1.82, 2.24) is 14.3 Å². The summed E-state index contributed by atoms with van der Waals surface area (Å²) in [6.07, 6.45) is 5.37. The standard InChI is InChI=1S/C24H23ClFN5O4S/c1-36(34,35)31-11-9-30(10-12-31)23-19(17-4-2-3-16(13-17)5-8-22(32)33)15-27-24(29-23)28-18-6-7-21(26)20(25)14-18/h2-8,13-15H,9-12H2,1H3,(H,32,33)(H,27,28,29). The molecular formula is C24H23ClFN5O4S. The smallest absolute Gasteiger partial charge is 0.328 e. The molecule has 2 N–H and O–H groups in total. The normalized spacial score (nSPS) is 14.8. The van der Waals surface area contributed by atoms with Gasteiger partial charge >= 0.3 is 5.97 Å². The molecule has 0 atom stereocenters. The van der Waals surface area contributed by atoms with E-state index in [2.05, 4.69) is 10.3 Å². The summed E-state index contributed by atoms with van der Waals surface area (Å²) in [4.78, 5) is 22.0. The van der Waals surface area contributed by atoms with Gasteiger partial charge in [-0.3, -0.25) is 0 Å². The van der Waals surface area contributed by atoms with Crippen molar-refractivity contribution in [3.63, 3.8) is 0 Å². The third kappa shape index (κ3) is 6.17. The van der Waals surface area contributed by atoms with E-state index < -0.39 is 21.8 Å². The number of piperazine rings is 1. The van der Waals surface area contributed by atoms with Gasteiger partial charge in [0, 0.05) is 49.7 Å². The minimum absolute atomic E-state index is 0.0417. The van der Waals surface area contributed by atoms with Gasteiger partial charge in [0.05, 0.1) is 11.3 Å². The van der Waals surface area contributed by atoms with Crippen LogP contribution in [0.15, 0.2) is 54.7 Å². The van der Waals surface area contributed by atoms with Crippen LogP contribution >= 0.6 is 11.6 Å². The number of sulfonamides is 1. The highest BCUT2D eigenvalue weighted by Gasteiger charge is 2.26. The number of nitrogens with zero attached hydrogens (tertiary/aromatic N) is 4. The van der Waals surface area contributed by atoms with Crippen molar-refractivity contribution < 1.29 is 22.7 Å². The average molecular weight is 532 g/mol. The zero-order valence-corrected chi connectivity index (χ0v) is 20.8. The molecule has 0 bridgehead atoms. The zero-order chi connectivity index (χ0) is 25.9. The second-order valence-corrected chi connectivity index (χ2v) is 10.5. The van der Waals surface area contributed by atoms with Gasteiger partial charge in [0.1, 0.15) is 11.6 Å². The molecule has 3 aromatic rings. The fourth-order valence-corrected chi connectivity index (χ4v) is 4.80. The third-order valence-corrected chi connectivity index (χ3v) is 7.16. The molecule has 12 heteroatoms. The fourth-order valence-electron chi connectivity index (χ4n) is 3.79. The maximum absolute atomic E-state index is 13.6. The number of aliphatic carboxylic acids is 1. The van der Waals surface area contributed by atoms with Crippen molar-refractivity contribution in [2.75, 3.05) is 42.7 Å². The van der Waals surface area contributed by atoms with Gasteiger partial charge in [0.2, 0.25) is 16.0 Å². The molecule has 0 aliphatic carbocycles. The molecule has 4 rings (SSSR count). The second-order valence-electron chi connectivity index (χ2n) is 8.13. The number of carboxylic acids is 1. The highest BCUT2D eigenvalue weighted by Crippen LogP contribution is 2.32. The van der Waals surface area contributed by atoms with E-state index in [0.29, 0.717) is 48.8 Å². The molecule has 1 fully saturated rings. The number of benzene rings is 2. The predicted octanol–water partition coefficient (Wildman–Crippen LogP) is 3.86. The first-order valence-corrected chi connectivity index (χ1v) is 13.1.